The fourth-order valence-electron chi connectivity index (χ4n) is 9.28. The maximum absolute atomic E-state index is 14.2. The average molecular weight is 903 g/mol. The minimum absolute atomic E-state index is 0.0530. The molecule has 2 amide bonds. The fraction of sp³-hybridized carbons (Fsp3) is 0.614. The van der Waals surface area contributed by atoms with E-state index in [1.807, 2.05) is 30.3 Å². The van der Waals surface area contributed by atoms with Crippen LogP contribution in [0.3, 0.4) is 0 Å². The van der Waals surface area contributed by atoms with E-state index in [2.05, 4.69) is 19.9 Å². The van der Waals surface area contributed by atoms with Crippen LogP contribution in [-0.2, 0) is 36.4 Å². The standard InChI is InChI=1S/C44H58ClF3N8O7/c45-36-28-30(27-35(39(36)49)44(46,47)48)29-37(63-43(60)55-20-11-34(12-21-55)56-42(59)50-40(51-56)33-5-2-1-3-6-33)41(58)54-18-9-32(10-19-54)31-7-15-53(16-8-31)17-13-38(57)62-24-4-14-52-22-25-61-26-23-52/h1-3,5-6,27-28,31-32,34,37H,4,7-26,29,49H2,(H,50,51,59)/t37-/m1/s1. The molecule has 63 heavy (non-hydrogen) atoms. The van der Waals surface area contributed by atoms with Crippen LogP contribution in [0, 0.1) is 11.8 Å². The molecule has 344 valence electrons. The third-order valence-electron chi connectivity index (χ3n) is 13.0. The van der Waals surface area contributed by atoms with Crippen LogP contribution >= 0.6 is 11.6 Å². The lowest BCUT2D eigenvalue weighted by Gasteiger charge is -2.41. The molecule has 0 aliphatic carbocycles. The van der Waals surface area contributed by atoms with E-state index in [9.17, 15) is 32.3 Å². The predicted molar refractivity (Wildman–Crippen MR) is 229 cm³/mol. The number of anilines is 1. The number of likely N-dealkylation sites (tertiary alicyclic amines) is 3. The Kier molecular flexibility index (Phi) is 15.7. The molecule has 19 heteroatoms. The number of nitrogens with two attached hydrogens (primary N) is 1. The van der Waals surface area contributed by atoms with E-state index in [1.165, 1.54) is 15.6 Å². The second kappa shape index (κ2) is 21.4. The summed E-state index contributed by atoms with van der Waals surface area (Å²) in [5.74, 6) is 0.614. The van der Waals surface area contributed by atoms with E-state index >= 15 is 0 Å². The second-order valence-corrected chi connectivity index (χ2v) is 17.4. The zero-order valence-corrected chi connectivity index (χ0v) is 36.3. The second-order valence-electron chi connectivity index (χ2n) is 17.0. The minimum Gasteiger partial charge on any atom is -0.466 e. The summed E-state index contributed by atoms with van der Waals surface area (Å²) >= 11 is 6.16. The van der Waals surface area contributed by atoms with Gasteiger partial charge in [-0.1, -0.05) is 41.9 Å². The van der Waals surface area contributed by atoms with Crippen molar-refractivity contribution in [1.82, 2.24) is 34.4 Å². The maximum Gasteiger partial charge on any atom is 0.418 e. The molecule has 0 bridgehead atoms. The monoisotopic (exact) mass is 902 g/mol. The Morgan fingerprint density at radius 2 is 1.51 bits per heavy atom. The van der Waals surface area contributed by atoms with Crippen molar-refractivity contribution in [3.63, 3.8) is 0 Å². The summed E-state index contributed by atoms with van der Waals surface area (Å²) in [5, 5.41) is 4.18. The summed E-state index contributed by atoms with van der Waals surface area (Å²) in [6, 6.07) is 11.1. The number of rotatable bonds is 14. The zero-order chi connectivity index (χ0) is 44.5. The fourth-order valence-corrected chi connectivity index (χ4v) is 9.52. The van der Waals surface area contributed by atoms with Crippen LogP contribution < -0.4 is 11.4 Å². The van der Waals surface area contributed by atoms with Gasteiger partial charge in [-0.15, -0.1) is 5.10 Å². The molecule has 7 rings (SSSR count). The van der Waals surface area contributed by atoms with Crippen molar-refractivity contribution in [2.75, 3.05) is 91.0 Å². The summed E-state index contributed by atoms with van der Waals surface area (Å²) < 4.78 is 60.0. The number of carbonyl (C=O) groups excluding carboxylic acids is 3. The molecule has 5 heterocycles. The predicted octanol–water partition coefficient (Wildman–Crippen LogP) is 5.48. The number of hydrogen-bond donors (Lipinski definition) is 2. The quantitative estimate of drug-likeness (QED) is 0.119. The number of halogens is 4. The van der Waals surface area contributed by atoms with Crippen LogP contribution in [0.5, 0.6) is 0 Å². The van der Waals surface area contributed by atoms with E-state index in [0.717, 1.165) is 89.7 Å². The molecular formula is C44H58ClF3N8O7. The number of morpholine rings is 1. The Balaban J connectivity index is 0.908. The van der Waals surface area contributed by atoms with Gasteiger partial charge in [-0.05, 0) is 87.6 Å². The van der Waals surface area contributed by atoms with Gasteiger partial charge in [-0.25, -0.2) is 14.3 Å². The third-order valence-corrected chi connectivity index (χ3v) is 13.3. The lowest BCUT2D eigenvalue weighted by Crippen LogP contribution is -2.49. The molecule has 15 nitrogen and oxygen atoms in total. The molecule has 0 spiro atoms. The molecular weight excluding hydrogens is 845 g/mol. The van der Waals surface area contributed by atoms with E-state index in [4.69, 9.17) is 31.5 Å². The minimum atomic E-state index is -4.80. The topological polar surface area (TPSA) is 169 Å². The summed E-state index contributed by atoms with van der Waals surface area (Å²) in [4.78, 5) is 63.6. The third kappa shape index (κ3) is 12.3. The largest absolute Gasteiger partial charge is 0.466 e. The van der Waals surface area contributed by atoms with Crippen LogP contribution in [0.1, 0.15) is 68.5 Å². The maximum atomic E-state index is 14.2. The van der Waals surface area contributed by atoms with Crippen LogP contribution in [0.4, 0.5) is 23.7 Å². The van der Waals surface area contributed by atoms with Gasteiger partial charge in [0.05, 0.1) is 48.6 Å². The lowest BCUT2D eigenvalue weighted by molar-refractivity contribution is -0.144. The molecule has 0 unspecified atom stereocenters. The van der Waals surface area contributed by atoms with Crippen LogP contribution in [0.15, 0.2) is 47.3 Å². The van der Waals surface area contributed by atoms with Crippen molar-refractivity contribution in [2.45, 2.75) is 76.1 Å². The number of hydrogen-bond acceptors (Lipinski definition) is 11. The molecule has 1 atom stereocenters. The Labute approximate surface area is 369 Å². The summed E-state index contributed by atoms with van der Waals surface area (Å²) in [7, 11) is 0. The summed E-state index contributed by atoms with van der Waals surface area (Å²) in [6.45, 7) is 8.29. The van der Waals surface area contributed by atoms with Crippen molar-refractivity contribution in [1.29, 1.82) is 0 Å². The molecule has 4 aliphatic rings. The average Bonchev–Trinajstić information content (AvgIpc) is 3.69. The van der Waals surface area contributed by atoms with Gasteiger partial charge in [-0.2, -0.15) is 13.2 Å². The number of piperidine rings is 3. The smallest absolute Gasteiger partial charge is 0.418 e. The zero-order valence-electron chi connectivity index (χ0n) is 35.5. The van der Waals surface area contributed by atoms with E-state index in [-0.39, 0.29) is 47.8 Å². The highest BCUT2D eigenvalue weighted by atomic mass is 35.5. The first-order valence-corrected chi connectivity index (χ1v) is 22.5. The van der Waals surface area contributed by atoms with Gasteiger partial charge < -0.3 is 34.6 Å². The number of nitrogens with zero attached hydrogens (tertiary/aromatic N) is 6. The first-order chi connectivity index (χ1) is 30.3. The van der Waals surface area contributed by atoms with Gasteiger partial charge in [0.2, 0.25) is 0 Å². The van der Waals surface area contributed by atoms with Gasteiger partial charge in [0.1, 0.15) is 0 Å². The Morgan fingerprint density at radius 3 is 2.17 bits per heavy atom. The number of carbonyl (C=O) groups is 3. The Morgan fingerprint density at radius 1 is 0.873 bits per heavy atom. The van der Waals surface area contributed by atoms with Crippen molar-refractivity contribution in [2.24, 2.45) is 11.8 Å². The molecule has 4 fully saturated rings. The number of alkyl halides is 3. The number of amides is 2. The normalized spacial score (nSPS) is 19.6. The SMILES string of the molecule is Nc1c(Cl)cc(C[C@@H](OC(=O)N2CCC(n3nc(-c4ccccc4)[nH]c3=O)CC2)C(=O)N2CCC(C3CCN(CCC(=O)OCCCN4CCOCC4)CC3)CC2)cc1C(F)(F)F. The summed E-state index contributed by atoms with van der Waals surface area (Å²) in [5.41, 5.74) is 4.39. The van der Waals surface area contributed by atoms with E-state index < -0.39 is 35.5 Å². The molecule has 4 aliphatic heterocycles. The van der Waals surface area contributed by atoms with Crippen molar-refractivity contribution in [3.05, 3.63) is 69.1 Å². The number of nitrogen functional groups attached to an aromatic ring is 1. The van der Waals surface area contributed by atoms with Gasteiger partial charge in [0.15, 0.2) is 11.9 Å². The number of H-pyrrole nitrogens is 1. The van der Waals surface area contributed by atoms with E-state index in [0.29, 0.717) is 63.2 Å². The van der Waals surface area contributed by atoms with Crippen LogP contribution in [-0.4, -0.2) is 144 Å². The number of ether oxygens (including phenoxy) is 3. The number of benzene rings is 2. The van der Waals surface area contributed by atoms with Crippen LogP contribution in [0.2, 0.25) is 5.02 Å². The lowest BCUT2D eigenvalue weighted by atomic mass is 9.78. The van der Waals surface area contributed by atoms with Crippen molar-refractivity contribution in [3.8, 4) is 11.4 Å². The van der Waals surface area contributed by atoms with Gasteiger partial charge in [-0.3, -0.25) is 19.5 Å². The van der Waals surface area contributed by atoms with Crippen molar-refractivity contribution < 1.29 is 41.8 Å². The molecule has 0 saturated carbocycles. The number of aromatic nitrogens is 3. The number of nitrogens with one attached hydrogen (secondary N) is 1. The highest BCUT2D eigenvalue weighted by Gasteiger charge is 2.38. The number of aromatic amines is 1. The van der Waals surface area contributed by atoms with Crippen LogP contribution in [0.25, 0.3) is 11.4 Å². The summed E-state index contributed by atoms with van der Waals surface area (Å²) in [6.07, 6.45) is -1.94. The Bertz CT molecular complexity index is 2060. The molecule has 3 aromatic rings. The van der Waals surface area contributed by atoms with Gasteiger partial charge >= 0.3 is 23.9 Å². The molecule has 0 radical (unpaired) electrons. The molecule has 1 aromatic heterocycles. The van der Waals surface area contributed by atoms with Gasteiger partial charge in [0.25, 0.3) is 5.91 Å². The number of esters is 1. The molecule has 3 N–H and O–H groups in total. The molecule has 4 saturated heterocycles. The first kappa shape index (κ1) is 46.3. The van der Waals surface area contributed by atoms with Gasteiger partial charge in [0, 0.05) is 64.3 Å². The first-order valence-electron chi connectivity index (χ1n) is 22.1. The van der Waals surface area contributed by atoms with E-state index in [1.54, 1.807) is 4.90 Å². The highest BCUT2D eigenvalue weighted by molar-refractivity contribution is 6.33. The highest BCUT2D eigenvalue weighted by Crippen LogP contribution is 2.39. The van der Waals surface area contributed by atoms with Crippen molar-refractivity contribution >= 4 is 35.3 Å². The Hall–Kier alpha value is -4.65. The molecule has 2 aromatic carbocycles.